The maximum Gasteiger partial charge on any atom is 0.167 e. The molecule has 2 aromatic carbocycles. The Kier molecular flexibility index (Phi) is 8.43. The minimum absolute atomic E-state index is 0.132. The molecule has 0 radical (unpaired) electrons. The van der Waals surface area contributed by atoms with Gasteiger partial charge in [-0.25, -0.2) is 4.39 Å². The molecule has 142 valence electrons. The van der Waals surface area contributed by atoms with Gasteiger partial charge in [0.2, 0.25) is 0 Å². The molecule has 0 atom stereocenters. The van der Waals surface area contributed by atoms with Gasteiger partial charge in [-0.1, -0.05) is 46.3 Å². The Balaban J connectivity index is 1.88. The number of hydrogen-bond acceptors (Lipinski definition) is 3. The lowest BCUT2D eigenvalue weighted by Crippen LogP contribution is -2.17. The van der Waals surface area contributed by atoms with E-state index >= 15 is 0 Å². The molecule has 0 heterocycles. The molecular weight excluding hydrogens is 409 g/mol. The SMILES string of the molecule is C=CCN(C)CC=CCOc1ccc(C(=O)Cc2ccc(Br)cc2)cc1F. The van der Waals surface area contributed by atoms with Gasteiger partial charge >= 0.3 is 0 Å². The van der Waals surface area contributed by atoms with Crippen LogP contribution < -0.4 is 4.74 Å². The third-order valence-corrected chi connectivity index (χ3v) is 4.42. The molecule has 0 aromatic heterocycles. The molecule has 0 aliphatic carbocycles. The quantitative estimate of drug-likeness (QED) is 0.388. The largest absolute Gasteiger partial charge is 0.486 e. The van der Waals surface area contributed by atoms with Crippen molar-refractivity contribution in [1.82, 2.24) is 4.90 Å². The van der Waals surface area contributed by atoms with E-state index in [0.717, 1.165) is 23.1 Å². The number of likely N-dealkylation sites (N-methyl/N-ethyl adjacent to an activating group) is 1. The Labute approximate surface area is 168 Å². The van der Waals surface area contributed by atoms with Crippen LogP contribution in [0.4, 0.5) is 4.39 Å². The summed E-state index contributed by atoms with van der Waals surface area (Å²) < 4.78 is 20.6. The highest BCUT2D eigenvalue weighted by molar-refractivity contribution is 9.10. The number of hydrogen-bond donors (Lipinski definition) is 0. The second-order valence-corrected chi connectivity index (χ2v) is 7.08. The summed E-state index contributed by atoms with van der Waals surface area (Å²) in [6.45, 7) is 5.52. The zero-order chi connectivity index (χ0) is 19.6. The van der Waals surface area contributed by atoms with Gasteiger partial charge in [-0.2, -0.15) is 0 Å². The maximum absolute atomic E-state index is 14.2. The van der Waals surface area contributed by atoms with Crippen molar-refractivity contribution in [3.8, 4) is 5.75 Å². The molecule has 2 aromatic rings. The summed E-state index contributed by atoms with van der Waals surface area (Å²) in [5.74, 6) is -0.527. The number of benzene rings is 2. The fourth-order valence-corrected chi connectivity index (χ4v) is 2.70. The molecule has 0 N–H and O–H groups in total. The van der Waals surface area contributed by atoms with Crippen LogP contribution in [0.5, 0.6) is 5.75 Å². The van der Waals surface area contributed by atoms with Gasteiger partial charge in [-0.05, 0) is 42.9 Å². The number of Topliss-reactive ketones (excluding diaryl/α,β-unsaturated/α-hetero) is 1. The predicted molar refractivity (Wildman–Crippen MR) is 111 cm³/mol. The normalized spacial score (nSPS) is 11.1. The average molecular weight is 432 g/mol. The molecule has 0 fully saturated rings. The van der Waals surface area contributed by atoms with Crippen molar-refractivity contribution >= 4 is 21.7 Å². The molecule has 27 heavy (non-hydrogen) atoms. The van der Waals surface area contributed by atoms with Gasteiger partial charge in [-0.3, -0.25) is 9.69 Å². The first kappa shape index (κ1) is 21.1. The molecule has 0 spiro atoms. The van der Waals surface area contributed by atoms with E-state index in [1.54, 1.807) is 6.07 Å². The van der Waals surface area contributed by atoms with Crippen molar-refractivity contribution in [3.63, 3.8) is 0 Å². The number of nitrogens with zero attached hydrogens (tertiary/aromatic N) is 1. The summed E-state index contributed by atoms with van der Waals surface area (Å²) in [6, 6.07) is 11.8. The van der Waals surface area contributed by atoms with Crippen LogP contribution in [0.1, 0.15) is 15.9 Å². The van der Waals surface area contributed by atoms with E-state index in [2.05, 4.69) is 27.4 Å². The minimum Gasteiger partial charge on any atom is -0.486 e. The fraction of sp³-hybridized carbons (Fsp3) is 0.227. The lowest BCUT2D eigenvalue weighted by molar-refractivity contribution is 0.0992. The van der Waals surface area contributed by atoms with Crippen LogP contribution in [0, 0.1) is 5.82 Å². The minimum atomic E-state index is -0.533. The number of ketones is 1. The zero-order valence-electron chi connectivity index (χ0n) is 15.3. The summed E-state index contributed by atoms with van der Waals surface area (Å²) in [6.07, 6.45) is 5.86. The Hall–Kier alpha value is -2.24. The summed E-state index contributed by atoms with van der Waals surface area (Å²) in [5.41, 5.74) is 1.22. The highest BCUT2D eigenvalue weighted by atomic mass is 79.9. The highest BCUT2D eigenvalue weighted by Gasteiger charge is 2.11. The van der Waals surface area contributed by atoms with Gasteiger partial charge in [0.25, 0.3) is 0 Å². The van der Waals surface area contributed by atoms with Crippen LogP contribution in [0.25, 0.3) is 0 Å². The van der Waals surface area contributed by atoms with E-state index in [1.165, 1.54) is 12.1 Å². The van der Waals surface area contributed by atoms with E-state index in [-0.39, 0.29) is 24.6 Å². The molecule has 0 bridgehead atoms. The number of rotatable bonds is 10. The van der Waals surface area contributed by atoms with Gasteiger partial charge in [0.05, 0.1) is 0 Å². The van der Waals surface area contributed by atoms with Gasteiger partial charge in [0, 0.05) is 29.5 Å². The number of ether oxygens (including phenoxy) is 1. The second kappa shape index (κ2) is 10.8. The van der Waals surface area contributed by atoms with E-state index in [9.17, 15) is 9.18 Å². The van der Waals surface area contributed by atoms with Crippen molar-refractivity contribution in [1.29, 1.82) is 0 Å². The molecule has 5 heteroatoms. The third kappa shape index (κ3) is 7.12. The fourth-order valence-electron chi connectivity index (χ4n) is 2.44. The Morgan fingerprint density at radius 3 is 2.59 bits per heavy atom. The van der Waals surface area contributed by atoms with Gasteiger partial charge in [-0.15, -0.1) is 6.58 Å². The molecule has 0 aliphatic rings. The molecule has 2 rings (SSSR count). The van der Waals surface area contributed by atoms with Crippen LogP contribution in [0.3, 0.4) is 0 Å². The highest BCUT2D eigenvalue weighted by Crippen LogP contribution is 2.20. The summed E-state index contributed by atoms with van der Waals surface area (Å²) in [4.78, 5) is 14.4. The number of carbonyl (C=O) groups excluding carboxylic acids is 1. The van der Waals surface area contributed by atoms with Crippen LogP contribution in [0.15, 0.2) is 71.7 Å². The van der Waals surface area contributed by atoms with E-state index < -0.39 is 5.82 Å². The third-order valence-electron chi connectivity index (χ3n) is 3.89. The smallest absolute Gasteiger partial charge is 0.167 e. The Morgan fingerprint density at radius 1 is 1.19 bits per heavy atom. The molecule has 0 amide bonds. The number of halogens is 2. The maximum atomic E-state index is 14.2. The molecular formula is C22H23BrFNO2. The Morgan fingerprint density at radius 2 is 1.93 bits per heavy atom. The first-order chi connectivity index (χ1) is 13.0. The first-order valence-electron chi connectivity index (χ1n) is 8.64. The summed E-state index contributed by atoms with van der Waals surface area (Å²) >= 11 is 3.36. The average Bonchev–Trinajstić information content (AvgIpc) is 2.64. The van der Waals surface area contributed by atoms with Crippen LogP contribution in [-0.2, 0) is 6.42 Å². The van der Waals surface area contributed by atoms with E-state index in [4.69, 9.17) is 4.74 Å². The van der Waals surface area contributed by atoms with Crippen molar-refractivity contribution < 1.29 is 13.9 Å². The monoisotopic (exact) mass is 431 g/mol. The molecule has 0 unspecified atom stereocenters. The number of carbonyl (C=O) groups is 1. The first-order valence-corrected chi connectivity index (χ1v) is 9.43. The second-order valence-electron chi connectivity index (χ2n) is 6.16. The molecule has 0 saturated carbocycles. The van der Waals surface area contributed by atoms with E-state index in [0.29, 0.717) is 5.56 Å². The Bertz CT molecular complexity index is 802. The lowest BCUT2D eigenvalue weighted by Gasteiger charge is -2.10. The van der Waals surface area contributed by atoms with Crippen LogP contribution in [-0.4, -0.2) is 37.4 Å². The topological polar surface area (TPSA) is 29.5 Å². The standard InChI is InChI=1S/C22H23BrFNO2/c1-3-12-25(2)13-4-5-14-27-22-11-8-18(16-20(22)24)21(26)15-17-6-9-19(23)10-7-17/h3-11,16H,1,12-15H2,2H3. The summed E-state index contributed by atoms with van der Waals surface area (Å²) in [7, 11) is 1.98. The van der Waals surface area contributed by atoms with Gasteiger partial charge in [0.15, 0.2) is 17.3 Å². The van der Waals surface area contributed by atoms with Crippen molar-refractivity contribution in [2.24, 2.45) is 0 Å². The molecule has 0 aliphatic heterocycles. The van der Waals surface area contributed by atoms with Crippen LogP contribution >= 0.6 is 15.9 Å². The molecule has 3 nitrogen and oxygen atoms in total. The van der Waals surface area contributed by atoms with Gasteiger partial charge in [0.1, 0.15) is 6.61 Å². The lowest BCUT2D eigenvalue weighted by atomic mass is 10.0. The zero-order valence-corrected chi connectivity index (χ0v) is 16.9. The predicted octanol–water partition coefficient (Wildman–Crippen LogP) is 5.07. The van der Waals surface area contributed by atoms with E-state index in [1.807, 2.05) is 49.5 Å². The van der Waals surface area contributed by atoms with Crippen molar-refractivity contribution in [2.45, 2.75) is 6.42 Å². The molecule has 0 saturated heterocycles. The van der Waals surface area contributed by atoms with Crippen molar-refractivity contribution in [2.75, 3.05) is 26.7 Å². The van der Waals surface area contributed by atoms with Gasteiger partial charge < -0.3 is 4.74 Å². The van der Waals surface area contributed by atoms with Crippen LogP contribution in [0.2, 0.25) is 0 Å². The summed E-state index contributed by atoms with van der Waals surface area (Å²) in [5, 5.41) is 0. The van der Waals surface area contributed by atoms with Crippen molar-refractivity contribution in [3.05, 3.63) is 88.7 Å².